The normalized spacial score (nSPS) is 14.6. The predicted octanol–water partition coefficient (Wildman–Crippen LogP) is 4.97. The molecular formula is C17H18O. The molecule has 1 heteroatoms. The van der Waals surface area contributed by atoms with Crippen LogP contribution in [0.1, 0.15) is 35.4 Å². The highest BCUT2D eigenvalue weighted by molar-refractivity contribution is 5.40. The van der Waals surface area contributed by atoms with Crippen molar-refractivity contribution in [3.8, 4) is 11.5 Å². The summed E-state index contributed by atoms with van der Waals surface area (Å²) in [6.07, 6.45) is 2.65. The highest BCUT2D eigenvalue weighted by Gasteiger charge is 2.24. The maximum absolute atomic E-state index is 5.93. The van der Waals surface area contributed by atoms with Crippen molar-refractivity contribution in [2.75, 3.05) is 0 Å². The van der Waals surface area contributed by atoms with E-state index in [1.165, 1.54) is 29.5 Å². The number of benzene rings is 2. The molecule has 1 fully saturated rings. The number of hydrogen-bond acceptors (Lipinski definition) is 1. The standard InChI is InChI=1S/C17H18O/c1-12-3-7-16(8-4-12)18-17-10-13(2)9-15(11-17)14-5-6-14/h3-4,7-11,14H,5-6H2,1-2H3. The molecule has 1 aliphatic carbocycles. The molecule has 2 aromatic rings. The summed E-state index contributed by atoms with van der Waals surface area (Å²) in [5.41, 5.74) is 3.96. The molecule has 0 aromatic heterocycles. The number of ether oxygens (including phenoxy) is 1. The Labute approximate surface area is 108 Å². The van der Waals surface area contributed by atoms with E-state index in [1.54, 1.807) is 0 Å². The maximum Gasteiger partial charge on any atom is 0.127 e. The molecule has 1 nitrogen and oxygen atoms in total. The first-order valence-electron chi connectivity index (χ1n) is 6.57. The molecule has 0 radical (unpaired) electrons. The third-order valence-corrected chi connectivity index (χ3v) is 3.38. The van der Waals surface area contributed by atoms with Crippen molar-refractivity contribution < 1.29 is 4.74 Å². The molecule has 0 heterocycles. The lowest BCUT2D eigenvalue weighted by Crippen LogP contribution is -1.88. The highest BCUT2D eigenvalue weighted by Crippen LogP contribution is 2.41. The molecule has 92 valence electrons. The van der Waals surface area contributed by atoms with E-state index < -0.39 is 0 Å². The summed E-state index contributed by atoms with van der Waals surface area (Å²) in [4.78, 5) is 0. The van der Waals surface area contributed by atoms with Gasteiger partial charge in [0.15, 0.2) is 0 Å². The van der Waals surface area contributed by atoms with Crippen LogP contribution in [0.3, 0.4) is 0 Å². The fraction of sp³-hybridized carbons (Fsp3) is 0.294. The molecule has 1 saturated carbocycles. The third kappa shape index (κ3) is 2.56. The monoisotopic (exact) mass is 238 g/mol. The van der Waals surface area contributed by atoms with Crippen LogP contribution in [0.15, 0.2) is 42.5 Å². The van der Waals surface area contributed by atoms with Gasteiger partial charge >= 0.3 is 0 Å². The van der Waals surface area contributed by atoms with Gasteiger partial charge in [-0.2, -0.15) is 0 Å². The van der Waals surface area contributed by atoms with E-state index in [0.29, 0.717) is 0 Å². The second-order valence-corrected chi connectivity index (χ2v) is 5.27. The van der Waals surface area contributed by atoms with E-state index in [-0.39, 0.29) is 0 Å². The van der Waals surface area contributed by atoms with Crippen LogP contribution in [0.25, 0.3) is 0 Å². The van der Waals surface area contributed by atoms with Gasteiger partial charge in [0.05, 0.1) is 0 Å². The molecule has 3 rings (SSSR count). The van der Waals surface area contributed by atoms with Gasteiger partial charge in [0.2, 0.25) is 0 Å². The van der Waals surface area contributed by atoms with Crippen molar-refractivity contribution >= 4 is 0 Å². The van der Waals surface area contributed by atoms with E-state index in [1.807, 2.05) is 12.1 Å². The topological polar surface area (TPSA) is 9.23 Å². The first kappa shape index (κ1) is 11.3. The summed E-state index contributed by atoms with van der Waals surface area (Å²) >= 11 is 0. The molecule has 0 aliphatic heterocycles. The van der Waals surface area contributed by atoms with E-state index >= 15 is 0 Å². The molecule has 0 amide bonds. The third-order valence-electron chi connectivity index (χ3n) is 3.38. The molecule has 2 aromatic carbocycles. The van der Waals surface area contributed by atoms with Crippen LogP contribution in [0.5, 0.6) is 11.5 Å². The van der Waals surface area contributed by atoms with Gasteiger partial charge in [-0.25, -0.2) is 0 Å². The highest BCUT2D eigenvalue weighted by atomic mass is 16.5. The van der Waals surface area contributed by atoms with Gasteiger partial charge in [0.1, 0.15) is 11.5 Å². The van der Waals surface area contributed by atoms with E-state index in [4.69, 9.17) is 4.74 Å². The molecule has 0 N–H and O–H groups in total. The SMILES string of the molecule is Cc1ccc(Oc2cc(C)cc(C3CC3)c2)cc1. The molecule has 0 atom stereocenters. The summed E-state index contributed by atoms with van der Waals surface area (Å²) in [6.45, 7) is 4.22. The summed E-state index contributed by atoms with van der Waals surface area (Å²) in [6, 6.07) is 14.8. The minimum absolute atomic E-state index is 0.769. The Morgan fingerprint density at radius 1 is 0.833 bits per heavy atom. The van der Waals surface area contributed by atoms with E-state index in [9.17, 15) is 0 Å². The van der Waals surface area contributed by atoms with Crippen LogP contribution in [0, 0.1) is 13.8 Å². The van der Waals surface area contributed by atoms with Crippen molar-refractivity contribution in [3.63, 3.8) is 0 Å². The second kappa shape index (κ2) is 4.49. The minimum Gasteiger partial charge on any atom is -0.457 e. The van der Waals surface area contributed by atoms with Crippen molar-refractivity contribution in [1.29, 1.82) is 0 Å². The number of rotatable bonds is 3. The summed E-state index contributed by atoms with van der Waals surface area (Å²) < 4.78 is 5.93. The average Bonchev–Trinajstić information content (AvgIpc) is 3.15. The van der Waals surface area contributed by atoms with Gasteiger partial charge < -0.3 is 4.74 Å². The zero-order chi connectivity index (χ0) is 12.5. The van der Waals surface area contributed by atoms with E-state index in [2.05, 4.69) is 44.2 Å². The molecule has 0 saturated heterocycles. The Morgan fingerprint density at radius 2 is 1.56 bits per heavy atom. The molecule has 0 spiro atoms. The quantitative estimate of drug-likeness (QED) is 0.733. The Balaban J connectivity index is 1.85. The zero-order valence-electron chi connectivity index (χ0n) is 10.9. The van der Waals surface area contributed by atoms with Gasteiger partial charge in [-0.1, -0.05) is 23.8 Å². The molecular weight excluding hydrogens is 220 g/mol. The van der Waals surface area contributed by atoms with Crippen molar-refractivity contribution in [3.05, 3.63) is 59.2 Å². The molecule has 0 bridgehead atoms. The Hall–Kier alpha value is -1.76. The van der Waals surface area contributed by atoms with Gasteiger partial charge in [-0.15, -0.1) is 0 Å². The summed E-state index contributed by atoms with van der Waals surface area (Å²) in [5, 5.41) is 0. The number of hydrogen-bond donors (Lipinski definition) is 0. The van der Waals surface area contributed by atoms with Crippen LogP contribution >= 0.6 is 0 Å². The van der Waals surface area contributed by atoms with Gasteiger partial charge in [-0.3, -0.25) is 0 Å². The summed E-state index contributed by atoms with van der Waals surface area (Å²) in [5.74, 6) is 2.64. The van der Waals surface area contributed by atoms with Gasteiger partial charge in [0, 0.05) is 0 Å². The van der Waals surface area contributed by atoms with Crippen molar-refractivity contribution in [1.82, 2.24) is 0 Å². The van der Waals surface area contributed by atoms with E-state index in [0.717, 1.165) is 17.4 Å². The Bertz CT molecular complexity index is 550. The second-order valence-electron chi connectivity index (χ2n) is 5.27. The van der Waals surface area contributed by atoms with Crippen LogP contribution in [-0.2, 0) is 0 Å². The van der Waals surface area contributed by atoms with Gasteiger partial charge in [-0.05, 0) is 68.0 Å². The van der Waals surface area contributed by atoms with Crippen LogP contribution in [0.2, 0.25) is 0 Å². The van der Waals surface area contributed by atoms with Crippen molar-refractivity contribution in [2.45, 2.75) is 32.6 Å². The largest absolute Gasteiger partial charge is 0.457 e. The van der Waals surface area contributed by atoms with Gasteiger partial charge in [0.25, 0.3) is 0 Å². The zero-order valence-corrected chi connectivity index (χ0v) is 10.9. The smallest absolute Gasteiger partial charge is 0.127 e. The molecule has 18 heavy (non-hydrogen) atoms. The average molecular weight is 238 g/mol. The van der Waals surface area contributed by atoms with Crippen LogP contribution in [-0.4, -0.2) is 0 Å². The fourth-order valence-corrected chi connectivity index (χ4v) is 2.23. The lowest BCUT2D eigenvalue weighted by atomic mass is 10.1. The lowest BCUT2D eigenvalue weighted by molar-refractivity contribution is 0.481. The van der Waals surface area contributed by atoms with Crippen LogP contribution < -0.4 is 4.74 Å². The maximum atomic E-state index is 5.93. The minimum atomic E-state index is 0.769. The first-order chi connectivity index (χ1) is 8.70. The Morgan fingerprint density at radius 3 is 2.22 bits per heavy atom. The fourth-order valence-electron chi connectivity index (χ4n) is 2.23. The number of aryl methyl sites for hydroxylation is 2. The first-order valence-corrected chi connectivity index (χ1v) is 6.57. The molecule has 1 aliphatic rings. The Kier molecular flexibility index (Phi) is 2.83. The molecule has 0 unspecified atom stereocenters. The predicted molar refractivity (Wildman–Crippen MR) is 74.4 cm³/mol. The summed E-state index contributed by atoms with van der Waals surface area (Å²) in [7, 11) is 0. The van der Waals surface area contributed by atoms with Crippen molar-refractivity contribution in [2.24, 2.45) is 0 Å². The van der Waals surface area contributed by atoms with Crippen LogP contribution in [0.4, 0.5) is 0 Å². The lowest BCUT2D eigenvalue weighted by Gasteiger charge is -2.09.